The molecule has 2 heterocycles. The van der Waals surface area contributed by atoms with Gasteiger partial charge in [-0.3, -0.25) is 14.5 Å². The van der Waals surface area contributed by atoms with Crippen LogP contribution in [0.15, 0.2) is 24.3 Å². The molecular weight excluding hydrogens is 370 g/mol. The van der Waals surface area contributed by atoms with Gasteiger partial charge in [-0.05, 0) is 12.1 Å². The van der Waals surface area contributed by atoms with E-state index in [0.717, 1.165) is 0 Å². The number of carbonyl (C=O) groups excluding carboxylic acids is 2. The molecule has 0 unspecified atom stereocenters. The van der Waals surface area contributed by atoms with Gasteiger partial charge in [0.1, 0.15) is 12.4 Å². The number of nitrogens with zero attached hydrogens (tertiary/aromatic N) is 2. The maximum atomic E-state index is 12.9. The Kier molecular flexibility index (Phi) is 6.24. The molecule has 2 aliphatic rings. The Morgan fingerprint density at radius 3 is 2.93 bits per heavy atom. The van der Waals surface area contributed by atoms with Crippen molar-refractivity contribution in [1.29, 1.82) is 0 Å². The molecule has 0 bridgehead atoms. The summed E-state index contributed by atoms with van der Waals surface area (Å²) in [4.78, 5) is 28.5. The molecule has 27 heavy (non-hydrogen) atoms. The van der Waals surface area contributed by atoms with Crippen molar-refractivity contribution in [3.63, 3.8) is 0 Å². The van der Waals surface area contributed by atoms with Crippen LogP contribution in [-0.2, 0) is 14.3 Å². The van der Waals surface area contributed by atoms with Crippen LogP contribution in [0.2, 0.25) is 5.02 Å². The van der Waals surface area contributed by atoms with Crippen molar-refractivity contribution >= 4 is 23.4 Å². The van der Waals surface area contributed by atoms with Crippen LogP contribution >= 0.6 is 11.6 Å². The summed E-state index contributed by atoms with van der Waals surface area (Å²) >= 11 is 6.06. The third kappa shape index (κ3) is 4.36. The topological polar surface area (TPSA) is 71.1 Å². The maximum Gasteiger partial charge on any atom is 0.236 e. The molecule has 2 aliphatic heterocycles. The standard InChI is InChI=1S/C19H26ClN3O4/c1-22(2)17(24)10-23-9-14-11-26-13-19(14,12-23)18(25)21-7-8-27-16-6-4-3-5-15(16)20/h3-6,14H,7-13H2,1-2H3,(H,21,25)/t14-,19-/m1/s1. The van der Waals surface area contributed by atoms with E-state index in [1.807, 2.05) is 12.1 Å². The van der Waals surface area contributed by atoms with Gasteiger partial charge in [0, 0.05) is 33.1 Å². The smallest absolute Gasteiger partial charge is 0.236 e. The van der Waals surface area contributed by atoms with Crippen LogP contribution in [-0.4, -0.2) is 81.7 Å². The van der Waals surface area contributed by atoms with Crippen LogP contribution in [0.3, 0.4) is 0 Å². The largest absolute Gasteiger partial charge is 0.490 e. The number of amides is 2. The van der Waals surface area contributed by atoms with Crippen molar-refractivity contribution in [2.75, 3.05) is 60.1 Å². The number of halogens is 1. The molecule has 0 aromatic heterocycles. The minimum absolute atomic E-state index is 0.0347. The fourth-order valence-corrected chi connectivity index (χ4v) is 3.87. The van der Waals surface area contributed by atoms with Crippen LogP contribution in [0.4, 0.5) is 0 Å². The first kappa shape index (κ1) is 19.9. The highest BCUT2D eigenvalue weighted by molar-refractivity contribution is 6.32. The van der Waals surface area contributed by atoms with Gasteiger partial charge < -0.3 is 19.7 Å². The molecule has 0 saturated carbocycles. The number of fused-ring (bicyclic) bond motifs is 1. The minimum atomic E-state index is -0.586. The van der Waals surface area contributed by atoms with Crippen LogP contribution in [0.5, 0.6) is 5.75 Å². The van der Waals surface area contributed by atoms with Crippen molar-refractivity contribution in [2.45, 2.75) is 0 Å². The molecule has 2 amide bonds. The molecule has 148 valence electrons. The maximum absolute atomic E-state index is 12.9. The first-order valence-electron chi connectivity index (χ1n) is 9.08. The van der Waals surface area contributed by atoms with Crippen molar-refractivity contribution in [3.05, 3.63) is 29.3 Å². The second kappa shape index (κ2) is 8.46. The van der Waals surface area contributed by atoms with Crippen LogP contribution in [0.1, 0.15) is 0 Å². The third-order valence-electron chi connectivity index (χ3n) is 5.24. The van der Waals surface area contributed by atoms with Gasteiger partial charge in [0.05, 0.1) is 36.7 Å². The van der Waals surface area contributed by atoms with Crippen LogP contribution < -0.4 is 10.1 Å². The molecule has 1 aromatic rings. The summed E-state index contributed by atoms with van der Waals surface area (Å²) in [5.41, 5.74) is -0.586. The van der Waals surface area contributed by atoms with E-state index in [-0.39, 0.29) is 17.7 Å². The summed E-state index contributed by atoms with van der Waals surface area (Å²) in [5.74, 6) is 0.715. The van der Waals surface area contributed by atoms with Gasteiger partial charge in [0.25, 0.3) is 0 Å². The van der Waals surface area contributed by atoms with Gasteiger partial charge in [-0.25, -0.2) is 0 Å². The number of carbonyl (C=O) groups is 2. The second-order valence-corrected chi connectivity index (χ2v) is 7.77. The Balaban J connectivity index is 1.52. The van der Waals surface area contributed by atoms with E-state index in [9.17, 15) is 9.59 Å². The zero-order valence-corrected chi connectivity index (χ0v) is 16.5. The minimum Gasteiger partial charge on any atom is -0.490 e. The number of para-hydroxylation sites is 1. The summed E-state index contributed by atoms with van der Waals surface area (Å²) in [6, 6.07) is 7.24. The molecule has 8 heteroatoms. The zero-order valence-electron chi connectivity index (χ0n) is 15.7. The predicted octanol–water partition coefficient (Wildman–Crippen LogP) is 0.872. The summed E-state index contributed by atoms with van der Waals surface area (Å²) in [7, 11) is 3.48. The van der Waals surface area contributed by atoms with E-state index in [2.05, 4.69) is 10.2 Å². The highest BCUT2D eigenvalue weighted by atomic mass is 35.5. The number of hydrogen-bond donors (Lipinski definition) is 1. The fourth-order valence-electron chi connectivity index (χ4n) is 3.68. The number of hydrogen-bond acceptors (Lipinski definition) is 5. The van der Waals surface area contributed by atoms with E-state index < -0.39 is 5.41 Å². The molecule has 2 atom stereocenters. The van der Waals surface area contributed by atoms with Crippen molar-refractivity contribution in [1.82, 2.24) is 15.1 Å². The van der Waals surface area contributed by atoms with Crippen LogP contribution in [0, 0.1) is 11.3 Å². The Morgan fingerprint density at radius 2 is 2.19 bits per heavy atom. The molecule has 3 rings (SSSR count). The number of nitrogens with one attached hydrogen (secondary N) is 1. The van der Waals surface area contributed by atoms with Gasteiger partial charge in [0.2, 0.25) is 11.8 Å². The van der Waals surface area contributed by atoms with Crippen molar-refractivity contribution < 1.29 is 19.1 Å². The first-order chi connectivity index (χ1) is 12.9. The average molecular weight is 396 g/mol. The summed E-state index contributed by atoms with van der Waals surface area (Å²) in [5, 5.41) is 3.51. The summed E-state index contributed by atoms with van der Waals surface area (Å²) < 4.78 is 11.2. The monoisotopic (exact) mass is 395 g/mol. The lowest BCUT2D eigenvalue weighted by atomic mass is 9.80. The molecule has 0 radical (unpaired) electrons. The molecule has 1 aromatic carbocycles. The number of rotatable bonds is 7. The summed E-state index contributed by atoms with van der Waals surface area (Å²) in [6.07, 6.45) is 0. The van der Waals surface area contributed by atoms with Crippen molar-refractivity contribution in [2.24, 2.45) is 11.3 Å². The first-order valence-corrected chi connectivity index (χ1v) is 9.46. The second-order valence-electron chi connectivity index (χ2n) is 7.36. The number of likely N-dealkylation sites (tertiary alicyclic amines) is 1. The number of ether oxygens (including phenoxy) is 2. The summed E-state index contributed by atoms with van der Waals surface area (Å²) in [6.45, 7) is 3.22. The molecule has 1 N–H and O–H groups in total. The van der Waals surface area contributed by atoms with Gasteiger partial charge in [-0.2, -0.15) is 0 Å². The quantitative estimate of drug-likeness (QED) is 0.694. The lowest BCUT2D eigenvalue weighted by molar-refractivity contribution is -0.133. The molecule has 2 fully saturated rings. The molecule has 2 saturated heterocycles. The van der Waals surface area contributed by atoms with Crippen molar-refractivity contribution in [3.8, 4) is 5.75 Å². The Labute approximate surface area is 164 Å². The molecule has 0 aliphatic carbocycles. The van der Waals surface area contributed by atoms with E-state index >= 15 is 0 Å². The normalized spacial score (nSPS) is 24.5. The van der Waals surface area contributed by atoms with Gasteiger partial charge >= 0.3 is 0 Å². The zero-order chi connectivity index (χ0) is 19.4. The Morgan fingerprint density at radius 1 is 1.41 bits per heavy atom. The molecular formula is C19H26ClN3O4. The van der Waals surface area contributed by atoms with E-state index in [1.165, 1.54) is 0 Å². The number of benzene rings is 1. The van der Waals surface area contributed by atoms with Crippen LogP contribution in [0.25, 0.3) is 0 Å². The third-order valence-corrected chi connectivity index (χ3v) is 5.55. The Bertz CT molecular complexity index is 699. The molecule has 7 nitrogen and oxygen atoms in total. The Hall–Kier alpha value is -1.83. The molecule has 0 spiro atoms. The van der Waals surface area contributed by atoms with Gasteiger partial charge in [0.15, 0.2) is 0 Å². The van der Waals surface area contributed by atoms with E-state index in [4.69, 9.17) is 21.1 Å². The van der Waals surface area contributed by atoms with E-state index in [1.54, 1.807) is 31.1 Å². The highest BCUT2D eigenvalue weighted by Crippen LogP contribution is 2.41. The average Bonchev–Trinajstić information content (AvgIpc) is 3.17. The fraction of sp³-hybridized carbons (Fsp3) is 0.579. The lowest BCUT2D eigenvalue weighted by Crippen LogP contribution is -2.48. The highest BCUT2D eigenvalue weighted by Gasteiger charge is 2.55. The predicted molar refractivity (Wildman–Crippen MR) is 102 cm³/mol. The van der Waals surface area contributed by atoms with Gasteiger partial charge in [-0.15, -0.1) is 0 Å². The lowest BCUT2D eigenvalue weighted by Gasteiger charge is -2.26. The number of likely N-dealkylation sites (N-methyl/N-ethyl adjacent to an activating group) is 1. The van der Waals surface area contributed by atoms with Gasteiger partial charge in [-0.1, -0.05) is 23.7 Å². The SMILES string of the molecule is CN(C)C(=O)CN1C[C@@H]2COC[C@]2(C(=O)NCCOc2ccccc2Cl)C1. The van der Waals surface area contributed by atoms with E-state index in [0.29, 0.717) is 56.8 Å².